The van der Waals surface area contributed by atoms with Gasteiger partial charge in [0, 0.05) is 19.0 Å². The highest BCUT2D eigenvalue weighted by Crippen LogP contribution is 2.38. The maximum Gasteiger partial charge on any atom is 0.303 e. The van der Waals surface area contributed by atoms with E-state index in [4.69, 9.17) is 5.11 Å². The van der Waals surface area contributed by atoms with Gasteiger partial charge >= 0.3 is 5.97 Å². The van der Waals surface area contributed by atoms with E-state index in [1.165, 1.54) is 0 Å². The van der Waals surface area contributed by atoms with Crippen LogP contribution in [0.2, 0.25) is 0 Å². The Morgan fingerprint density at radius 2 is 1.56 bits per heavy atom. The normalized spacial score (nSPS) is 29.7. The Kier molecular flexibility index (Phi) is 5.39. The minimum Gasteiger partial charge on any atom is -0.481 e. The Balaban J connectivity index is 1.64. The molecule has 1 aliphatic carbocycles. The summed E-state index contributed by atoms with van der Waals surface area (Å²) in [6, 6.07) is -0.104. The molecule has 3 fully saturated rings. The van der Waals surface area contributed by atoms with Crippen molar-refractivity contribution in [3.05, 3.63) is 0 Å². The van der Waals surface area contributed by atoms with Gasteiger partial charge in [0.05, 0.1) is 11.8 Å². The van der Waals surface area contributed by atoms with Gasteiger partial charge in [0.1, 0.15) is 6.54 Å². The van der Waals surface area contributed by atoms with Crippen molar-refractivity contribution in [2.75, 3.05) is 13.1 Å². The lowest BCUT2D eigenvalue weighted by molar-refractivity contribution is -0.148. The third-order valence-corrected chi connectivity index (χ3v) is 5.86. The van der Waals surface area contributed by atoms with Gasteiger partial charge in [-0.3, -0.25) is 24.1 Å². The summed E-state index contributed by atoms with van der Waals surface area (Å²) in [5.74, 6) is -1.96. The lowest BCUT2D eigenvalue weighted by Gasteiger charge is -2.36. The fraction of sp³-hybridized carbons (Fsp3) is 0.778. The number of hydrogen-bond acceptors (Lipinski definition) is 4. The van der Waals surface area contributed by atoms with E-state index >= 15 is 0 Å². The summed E-state index contributed by atoms with van der Waals surface area (Å²) in [6.45, 7) is 0.389. The van der Waals surface area contributed by atoms with Crippen LogP contribution in [0.4, 0.5) is 0 Å². The largest absolute Gasteiger partial charge is 0.481 e. The van der Waals surface area contributed by atoms with Crippen LogP contribution in [0, 0.1) is 11.8 Å². The second kappa shape index (κ2) is 7.54. The number of amides is 3. The number of fused-ring (bicyclic) bond motifs is 1. The Labute approximate surface area is 147 Å². The number of piperidine rings is 1. The van der Waals surface area contributed by atoms with Crippen LogP contribution in [-0.2, 0) is 19.2 Å². The van der Waals surface area contributed by atoms with Gasteiger partial charge in [0.2, 0.25) is 17.7 Å². The fourth-order valence-corrected chi connectivity index (χ4v) is 4.53. The Morgan fingerprint density at radius 3 is 2.16 bits per heavy atom. The van der Waals surface area contributed by atoms with Crippen molar-refractivity contribution in [3.8, 4) is 0 Å². The molecule has 3 rings (SSSR count). The number of imide groups is 1. The number of aliphatic carboxylic acids is 1. The van der Waals surface area contributed by atoms with Crippen molar-refractivity contribution in [1.29, 1.82) is 0 Å². The average Bonchev–Trinajstić information content (AvgIpc) is 2.85. The van der Waals surface area contributed by atoms with Crippen LogP contribution >= 0.6 is 0 Å². The molecule has 2 aliphatic heterocycles. The monoisotopic (exact) mass is 350 g/mol. The van der Waals surface area contributed by atoms with Gasteiger partial charge < -0.3 is 10.0 Å². The summed E-state index contributed by atoms with van der Waals surface area (Å²) in [4.78, 5) is 51.5. The van der Waals surface area contributed by atoms with Crippen LogP contribution in [0.1, 0.15) is 57.8 Å². The number of carboxylic acid groups (broad SMARTS) is 1. The van der Waals surface area contributed by atoms with E-state index in [0.29, 0.717) is 13.0 Å². The van der Waals surface area contributed by atoms with Gasteiger partial charge in [0.25, 0.3) is 0 Å². The number of likely N-dealkylation sites (tertiary alicyclic amines) is 2. The SMILES string of the molecule is O=C(O)CCC1CCCCN1C(=O)CN1C(=O)C2CCCCC2C1=O. The standard InChI is InChI=1S/C18H26N2O5/c21-15(19-10-4-3-5-12(19)8-9-16(22)23)11-20-17(24)13-6-1-2-7-14(13)18(20)25/h12-14H,1-11H2,(H,22,23). The van der Waals surface area contributed by atoms with Crippen LogP contribution in [-0.4, -0.2) is 57.7 Å². The molecule has 3 amide bonds. The highest BCUT2D eigenvalue weighted by molar-refractivity contribution is 6.07. The smallest absolute Gasteiger partial charge is 0.303 e. The molecule has 0 aromatic heterocycles. The average molecular weight is 350 g/mol. The zero-order chi connectivity index (χ0) is 18.0. The van der Waals surface area contributed by atoms with Crippen molar-refractivity contribution in [3.63, 3.8) is 0 Å². The van der Waals surface area contributed by atoms with Gasteiger partial charge in [0.15, 0.2) is 0 Å². The molecule has 3 aliphatic rings. The number of hydrogen-bond donors (Lipinski definition) is 1. The number of carbonyl (C=O) groups excluding carboxylic acids is 3. The Morgan fingerprint density at radius 1 is 0.960 bits per heavy atom. The number of rotatable bonds is 5. The third-order valence-electron chi connectivity index (χ3n) is 5.86. The van der Waals surface area contributed by atoms with Crippen molar-refractivity contribution in [2.24, 2.45) is 11.8 Å². The summed E-state index contributed by atoms with van der Waals surface area (Å²) in [5, 5.41) is 8.89. The van der Waals surface area contributed by atoms with Gasteiger partial charge in [-0.1, -0.05) is 12.8 Å². The minimum absolute atomic E-state index is 0.0279. The molecule has 25 heavy (non-hydrogen) atoms. The van der Waals surface area contributed by atoms with Crippen LogP contribution in [0.25, 0.3) is 0 Å². The predicted molar refractivity (Wildman–Crippen MR) is 88.4 cm³/mol. The Bertz CT molecular complexity index is 552. The quantitative estimate of drug-likeness (QED) is 0.757. The molecule has 1 saturated carbocycles. The van der Waals surface area contributed by atoms with E-state index in [1.54, 1.807) is 4.90 Å². The van der Waals surface area contributed by atoms with Gasteiger partial charge in [-0.25, -0.2) is 0 Å². The molecule has 7 nitrogen and oxygen atoms in total. The molecule has 138 valence electrons. The first-order chi connectivity index (χ1) is 12.0. The van der Waals surface area contributed by atoms with Gasteiger partial charge in [-0.05, 0) is 38.5 Å². The molecule has 3 atom stereocenters. The molecule has 0 spiro atoms. The van der Waals surface area contributed by atoms with E-state index in [-0.39, 0.29) is 48.6 Å². The van der Waals surface area contributed by atoms with Crippen molar-refractivity contribution >= 4 is 23.7 Å². The van der Waals surface area contributed by atoms with E-state index in [1.807, 2.05) is 0 Å². The molecule has 7 heteroatoms. The zero-order valence-electron chi connectivity index (χ0n) is 14.5. The Hall–Kier alpha value is -1.92. The summed E-state index contributed by atoms with van der Waals surface area (Å²) in [6.07, 6.45) is 6.50. The lowest BCUT2D eigenvalue weighted by Crippen LogP contribution is -2.49. The highest BCUT2D eigenvalue weighted by Gasteiger charge is 2.49. The van der Waals surface area contributed by atoms with Crippen LogP contribution < -0.4 is 0 Å². The molecule has 0 aromatic rings. The maximum absolute atomic E-state index is 12.7. The van der Waals surface area contributed by atoms with Crippen molar-refractivity contribution < 1.29 is 24.3 Å². The minimum atomic E-state index is -0.869. The lowest BCUT2D eigenvalue weighted by atomic mass is 9.81. The fourth-order valence-electron chi connectivity index (χ4n) is 4.53. The molecule has 1 N–H and O–H groups in total. The molecular weight excluding hydrogens is 324 g/mol. The zero-order valence-corrected chi connectivity index (χ0v) is 14.5. The first kappa shape index (κ1) is 17.9. The first-order valence-corrected chi connectivity index (χ1v) is 9.35. The number of carboxylic acids is 1. The van der Waals surface area contributed by atoms with Gasteiger partial charge in [-0.15, -0.1) is 0 Å². The molecule has 3 unspecified atom stereocenters. The first-order valence-electron chi connectivity index (χ1n) is 9.35. The maximum atomic E-state index is 12.7. The molecule has 2 heterocycles. The van der Waals surface area contributed by atoms with E-state index < -0.39 is 5.97 Å². The third kappa shape index (κ3) is 3.70. The van der Waals surface area contributed by atoms with E-state index in [0.717, 1.165) is 49.8 Å². The summed E-state index contributed by atoms with van der Waals surface area (Å²) in [7, 11) is 0. The second-order valence-electron chi connectivity index (χ2n) is 7.43. The predicted octanol–water partition coefficient (Wildman–Crippen LogP) is 1.41. The molecular formula is C18H26N2O5. The van der Waals surface area contributed by atoms with Crippen molar-refractivity contribution in [1.82, 2.24) is 9.80 Å². The summed E-state index contributed by atoms with van der Waals surface area (Å²) in [5.41, 5.74) is 0. The van der Waals surface area contributed by atoms with Crippen molar-refractivity contribution in [2.45, 2.75) is 63.8 Å². The van der Waals surface area contributed by atoms with E-state index in [2.05, 4.69) is 0 Å². The molecule has 0 radical (unpaired) electrons. The summed E-state index contributed by atoms with van der Waals surface area (Å²) < 4.78 is 0. The highest BCUT2D eigenvalue weighted by atomic mass is 16.4. The molecule has 0 bridgehead atoms. The van der Waals surface area contributed by atoms with Crippen LogP contribution in [0.3, 0.4) is 0 Å². The second-order valence-corrected chi connectivity index (χ2v) is 7.43. The van der Waals surface area contributed by atoms with Gasteiger partial charge in [-0.2, -0.15) is 0 Å². The molecule has 0 aromatic carbocycles. The number of carbonyl (C=O) groups is 4. The topological polar surface area (TPSA) is 95.0 Å². The number of nitrogens with zero attached hydrogens (tertiary/aromatic N) is 2. The summed E-state index contributed by atoms with van der Waals surface area (Å²) >= 11 is 0. The molecule has 2 saturated heterocycles. The van der Waals surface area contributed by atoms with Crippen LogP contribution in [0.15, 0.2) is 0 Å². The van der Waals surface area contributed by atoms with Crippen LogP contribution in [0.5, 0.6) is 0 Å². The van der Waals surface area contributed by atoms with E-state index in [9.17, 15) is 19.2 Å².